The summed E-state index contributed by atoms with van der Waals surface area (Å²) in [5.41, 5.74) is 1.39. The number of carbonyl (C=O) groups is 1. The number of para-hydroxylation sites is 1. The van der Waals surface area contributed by atoms with Crippen LogP contribution < -0.4 is 0 Å². The van der Waals surface area contributed by atoms with Crippen molar-refractivity contribution in [3.8, 4) is 11.3 Å². The van der Waals surface area contributed by atoms with E-state index < -0.39 is 4.92 Å². The molecule has 0 radical (unpaired) electrons. The van der Waals surface area contributed by atoms with Gasteiger partial charge < -0.3 is 8.83 Å². The number of carbonyl (C=O) groups excluding carboxylic acids is 1. The number of furan rings is 2. The van der Waals surface area contributed by atoms with Crippen LogP contribution in [-0.4, -0.2) is 10.7 Å². The fourth-order valence-electron chi connectivity index (χ4n) is 2.69. The largest absolute Gasteiger partial charge is 0.457 e. The molecular formula is C21H13NO5. The highest BCUT2D eigenvalue weighted by atomic mass is 16.6. The third kappa shape index (κ3) is 3.41. The number of fused-ring (bicyclic) bond motifs is 1. The molecule has 0 amide bonds. The second-order valence-corrected chi connectivity index (χ2v) is 5.85. The molecule has 0 saturated heterocycles. The Morgan fingerprint density at radius 2 is 1.74 bits per heavy atom. The van der Waals surface area contributed by atoms with Gasteiger partial charge in [-0.15, -0.1) is 0 Å². The predicted molar refractivity (Wildman–Crippen MR) is 100 cm³/mol. The lowest BCUT2D eigenvalue weighted by Gasteiger charge is -1.96. The smallest absolute Gasteiger partial charge is 0.269 e. The van der Waals surface area contributed by atoms with Crippen LogP contribution in [0.2, 0.25) is 0 Å². The Labute approximate surface area is 153 Å². The maximum absolute atomic E-state index is 12.3. The summed E-state index contributed by atoms with van der Waals surface area (Å²) in [4.78, 5) is 22.5. The minimum atomic E-state index is -0.455. The number of nitrogens with zero attached hydrogens (tertiary/aromatic N) is 1. The molecule has 4 aromatic rings. The average Bonchev–Trinajstić information content (AvgIpc) is 3.33. The second-order valence-electron chi connectivity index (χ2n) is 5.85. The van der Waals surface area contributed by atoms with Gasteiger partial charge in [-0.05, 0) is 48.6 Å². The highest BCUT2D eigenvalue weighted by molar-refractivity contribution is 6.06. The molecule has 2 aromatic carbocycles. The summed E-state index contributed by atoms with van der Waals surface area (Å²) in [7, 11) is 0. The van der Waals surface area contributed by atoms with Crippen LogP contribution in [0.15, 0.2) is 81.6 Å². The van der Waals surface area contributed by atoms with Crippen molar-refractivity contribution < 1.29 is 18.6 Å². The van der Waals surface area contributed by atoms with Gasteiger partial charge >= 0.3 is 0 Å². The van der Waals surface area contributed by atoms with Crippen molar-refractivity contribution in [2.24, 2.45) is 0 Å². The number of hydrogen-bond donors (Lipinski definition) is 0. The minimum Gasteiger partial charge on any atom is -0.457 e. The summed E-state index contributed by atoms with van der Waals surface area (Å²) in [6, 6.07) is 18.6. The molecule has 2 heterocycles. The van der Waals surface area contributed by atoms with Gasteiger partial charge in [-0.3, -0.25) is 14.9 Å². The van der Waals surface area contributed by atoms with Crippen molar-refractivity contribution in [3.63, 3.8) is 0 Å². The second kappa shape index (κ2) is 6.76. The van der Waals surface area contributed by atoms with Crippen LogP contribution in [0.4, 0.5) is 5.69 Å². The molecule has 0 aliphatic heterocycles. The van der Waals surface area contributed by atoms with Gasteiger partial charge in [-0.1, -0.05) is 18.2 Å². The maximum Gasteiger partial charge on any atom is 0.269 e. The zero-order chi connectivity index (χ0) is 18.8. The third-order valence-electron chi connectivity index (χ3n) is 4.06. The Kier molecular flexibility index (Phi) is 4.14. The molecule has 0 aliphatic rings. The zero-order valence-electron chi connectivity index (χ0n) is 14.0. The van der Waals surface area contributed by atoms with E-state index in [1.807, 2.05) is 18.2 Å². The van der Waals surface area contributed by atoms with E-state index in [4.69, 9.17) is 8.83 Å². The van der Waals surface area contributed by atoms with Crippen molar-refractivity contribution in [1.82, 2.24) is 0 Å². The zero-order valence-corrected chi connectivity index (χ0v) is 14.0. The number of allylic oxidation sites excluding steroid dienone is 1. The lowest BCUT2D eigenvalue weighted by Crippen LogP contribution is -1.89. The van der Waals surface area contributed by atoms with Gasteiger partial charge in [-0.2, -0.15) is 0 Å². The lowest BCUT2D eigenvalue weighted by atomic mass is 10.1. The van der Waals surface area contributed by atoms with Gasteiger partial charge in [0.05, 0.1) is 4.92 Å². The minimum absolute atomic E-state index is 0.0156. The molecule has 0 spiro atoms. The van der Waals surface area contributed by atoms with Gasteiger partial charge in [0.15, 0.2) is 5.76 Å². The molecule has 0 fully saturated rings. The number of rotatable bonds is 5. The number of hydrogen-bond acceptors (Lipinski definition) is 5. The van der Waals surface area contributed by atoms with E-state index >= 15 is 0 Å². The first kappa shape index (κ1) is 16.5. The van der Waals surface area contributed by atoms with Crippen LogP contribution in [0, 0.1) is 10.1 Å². The standard InChI is InChI=1S/C21H13NO5/c23-18(21-13-15-3-1-2-4-19(15)27-21)11-9-17-10-12-20(26-17)14-5-7-16(8-6-14)22(24)25/h1-13H. The van der Waals surface area contributed by atoms with Crippen molar-refractivity contribution >= 4 is 28.5 Å². The molecule has 4 rings (SSSR count). The summed E-state index contributed by atoms with van der Waals surface area (Å²) in [5, 5.41) is 11.6. The van der Waals surface area contributed by atoms with Crippen molar-refractivity contribution in [1.29, 1.82) is 0 Å². The molecule has 0 atom stereocenters. The molecule has 6 nitrogen and oxygen atoms in total. The fourth-order valence-corrected chi connectivity index (χ4v) is 2.69. The Morgan fingerprint density at radius 1 is 0.963 bits per heavy atom. The lowest BCUT2D eigenvalue weighted by molar-refractivity contribution is -0.384. The summed E-state index contributed by atoms with van der Waals surface area (Å²) in [5.74, 6) is 1.04. The first-order valence-corrected chi connectivity index (χ1v) is 8.16. The van der Waals surface area contributed by atoms with Crippen LogP contribution in [0.25, 0.3) is 28.4 Å². The van der Waals surface area contributed by atoms with Gasteiger partial charge in [0.25, 0.3) is 5.69 Å². The topological polar surface area (TPSA) is 86.5 Å². The molecule has 0 N–H and O–H groups in total. The quantitative estimate of drug-likeness (QED) is 0.203. The highest BCUT2D eigenvalue weighted by Crippen LogP contribution is 2.25. The summed E-state index contributed by atoms with van der Waals surface area (Å²) in [6.07, 6.45) is 2.95. The number of ketones is 1. The summed E-state index contributed by atoms with van der Waals surface area (Å²) < 4.78 is 11.2. The molecule has 0 bridgehead atoms. The average molecular weight is 359 g/mol. The first-order chi connectivity index (χ1) is 13.1. The Bertz CT molecular complexity index is 1130. The Balaban J connectivity index is 1.51. The number of non-ortho nitro benzene ring substituents is 1. The van der Waals surface area contributed by atoms with Crippen LogP contribution >= 0.6 is 0 Å². The van der Waals surface area contributed by atoms with Crippen LogP contribution in [0.5, 0.6) is 0 Å². The highest BCUT2D eigenvalue weighted by Gasteiger charge is 2.10. The summed E-state index contributed by atoms with van der Waals surface area (Å²) >= 11 is 0. The van der Waals surface area contributed by atoms with Gasteiger partial charge in [-0.25, -0.2) is 0 Å². The Hall–Kier alpha value is -3.93. The van der Waals surface area contributed by atoms with Crippen molar-refractivity contribution in [2.75, 3.05) is 0 Å². The van der Waals surface area contributed by atoms with E-state index in [2.05, 4.69) is 0 Å². The fraction of sp³-hybridized carbons (Fsp3) is 0. The van der Waals surface area contributed by atoms with Crippen LogP contribution in [0.1, 0.15) is 16.3 Å². The maximum atomic E-state index is 12.3. The summed E-state index contributed by atoms with van der Waals surface area (Å²) in [6.45, 7) is 0. The van der Waals surface area contributed by atoms with E-state index in [1.54, 1.807) is 42.5 Å². The van der Waals surface area contributed by atoms with Gasteiger partial charge in [0.2, 0.25) is 5.78 Å². The SMILES string of the molecule is O=C(C=Cc1ccc(-c2ccc([N+](=O)[O-])cc2)o1)c1cc2ccccc2o1. The van der Waals surface area contributed by atoms with E-state index in [9.17, 15) is 14.9 Å². The van der Waals surface area contributed by atoms with E-state index in [-0.39, 0.29) is 17.2 Å². The molecule has 132 valence electrons. The molecule has 0 aliphatic carbocycles. The van der Waals surface area contributed by atoms with Gasteiger partial charge in [0.1, 0.15) is 17.1 Å². The molecule has 27 heavy (non-hydrogen) atoms. The van der Waals surface area contributed by atoms with E-state index in [0.717, 1.165) is 5.39 Å². The van der Waals surface area contributed by atoms with Crippen molar-refractivity contribution in [3.05, 3.63) is 94.4 Å². The van der Waals surface area contributed by atoms with Crippen molar-refractivity contribution in [2.45, 2.75) is 0 Å². The molecule has 0 saturated carbocycles. The number of benzene rings is 2. The van der Waals surface area contributed by atoms with E-state index in [1.165, 1.54) is 18.2 Å². The molecular weight excluding hydrogens is 346 g/mol. The predicted octanol–water partition coefficient (Wildman–Crippen LogP) is 5.50. The monoisotopic (exact) mass is 359 g/mol. The molecule has 0 unspecified atom stereocenters. The Morgan fingerprint density at radius 3 is 2.48 bits per heavy atom. The van der Waals surface area contributed by atoms with E-state index in [0.29, 0.717) is 22.7 Å². The van der Waals surface area contributed by atoms with Crippen LogP contribution in [0.3, 0.4) is 0 Å². The third-order valence-corrected chi connectivity index (χ3v) is 4.06. The normalized spacial score (nSPS) is 11.3. The molecule has 6 heteroatoms. The number of nitro benzene ring substituents is 1. The number of nitro groups is 1. The first-order valence-electron chi connectivity index (χ1n) is 8.16. The molecule has 2 aromatic heterocycles. The van der Waals surface area contributed by atoms with Crippen LogP contribution in [-0.2, 0) is 0 Å². The van der Waals surface area contributed by atoms with Gasteiger partial charge in [0, 0.05) is 23.1 Å².